The van der Waals surface area contributed by atoms with E-state index < -0.39 is 5.60 Å². The number of aliphatic hydroxyl groups is 1. The lowest BCUT2D eigenvalue weighted by Crippen LogP contribution is -2.58. The van der Waals surface area contributed by atoms with Gasteiger partial charge in [-0.2, -0.15) is 9.90 Å². The molecule has 6 rings (SSSR count). The Kier molecular flexibility index (Phi) is 6.07. The fraction of sp³-hybridized carbons (Fsp3) is 0.767. The maximum atomic E-state index is 14.5. The van der Waals surface area contributed by atoms with Gasteiger partial charge < -0.3 is 9.84 Å². The molecule has 0 radical (unpaired) electrons. The molecular weight excluding hydrogens is 469 g/mol. The number of methoxy groups -OCH3 is 1. The second-order valence-electron chi connectivity index (χ2n) is 13.5. The molecule has 4 saturated carbocycles. The lowest BCUT2D eigenvalue weighted by molar-refractivity contribution is -0.175. The Labute approximate surface area is 219 Å². The van der Waals surface area contributed by atoms with Gasteiger partial charge in [-0.1, -0.05) is 13.0 Å². The average Bonchev–Trinajstić information content (AvgIpc) is 3.42. The van der Waals surface area contributed by atoms with Crippen molar-refractivity contribution < 1.29 is 19.0 Å². The Hall–Kier alpha value is -1.86. The number of aryl methyl sites for hydroxylation is 1. The van der Waals surface area contributed by atoms with Crippen molar-refractivity contribution in [2.75, 3.05) is 13.7 Å². The molecule has 4 aliphatic rings. The molecule has 37 heavy (non-hydrogen) atoms. The molecule has 0 unspecified atom stereocenters. The van der Waals surface area contributed by atoms with Gasteiger partial charge in [-0.25, -0.2) is 4.39 Å². The summed E-state index contributed by atoms with van der Waals surface area (Å²) in [6.45, 7) is 6.98. The lowest BCUT2D eigenvalue weighted by Gasteiger charge is -2.62. The summed E-state index contributed by atoms with van der Waals surface area (Å²) in [5, 5.41) is 19.6. The van der Waals surface area contributed by atoms with Gasteiger partial charge >= 0.3 is 0 Å². The van der Waals surface area contributed by atoms with Crippen molar-refractivity contribution in [3.05, 3.63) is 23.5 Å². The molecule has 1 aromatic heterocycles. The molecule has 6 nitrogen and oxygen atoms in total. The number of fused-ring (bicyclic) bond motifs is 6. The van der Waals surface area contributed by atoms with E-state index in [1.54, 1.807) is 19.1 Å². The third-order valence-corrected chi connectivity index (χ3v) is 11.5. The summed E-state index contributed by atoms with van der Waals surface area (Å²) in [6.07, 6.45) is 9.35. The average molecular weight is 512 g/mol. The number of ether oxygens (including phenoxy) is 1. The van der Waals surface area contributed by atoms with Crippen molar-refractivity contribution in [2.24, 2.45) is 40.4 Å². The minimum atomic E-state index is -0.560. The molecule has 4 aliphatic carbocycles. The van der Waals surface area contributed by atoms with Crippen molar-refractivity contribution in [1.29, 1.82) is 0 Å². The zero-order chi connectivity index (χ0) is 26.2. The highest BCUT2D eigenvalue weighted by Gasteiger charge is 2.63. The van der Waals surface area contributed by atoms with E-state index in [4.69, 9.17) is 4.74 Å². The molecule has 0 saturated heterocycles. The van der Waals surface area contributed by atoms with E-state index in [-0.39, 0.29) is 40.4 Å². The summed E-state index contributed by atoms with van der Waals surface area (Å²) in [4.78, 5) is 15.1. The van der Waals surface area contributed by atoms with Gasteiger partial charge in [-0.05, 0) is 118 Å². The van der Waals surface area contributed by atoms with E-state index in [0.29, 0.717) is 34.8 Å². The van der Waals surface area contributed by atoms with Gasteiger partial charge in [0.2, 0.25) is 0 Å². The predicted octanol–water partition coefficient (Wildman–Crippen LogP) is 5.48. The first-order valence-electron chi connectivity index (χ1n) is 14.3. The number of rotatable bonds is 5. The summed E-state index contributed by atoms with van der Waals surface area (Å²) in [7, 11) is 1.83. The Bertz CT molecular complexity index is 1210. The first-order chi connectivity index (χ1) is 17.6. The predicted molar refractivity (Wildman–Crippen MR) is 139 cm³/mol. The van der Waals surface area contributed by atoms with E-state index in [1.165, 1.54) is 11.2 Å². The maximum Gasteiger partial charge on any atom is 0.159 e. The quantitative estimate of drug-likeness (QED) is 0.575. The van der Waals surface area contributed by atoms with Gasteiger partial charge in [0.25, 0.3) is 0 Å². The molecule has 0 bridgehead atoms. The SMILES string of the molecule is COC[C@]12CC[C@@](C)(O)C[C@@H]1CC[C@H]1[C@@H]3CC[C@H](C(=O)Cn4nc5ccc(C)c(F)c5n4)[C@@]3(C)CC[C@@H]12. The second-order valence-corrected chi connectivity index (χ2v) is 13.5. The van der Waals surface area contributed by atoms with E-state index in [2.05, 4.69) is 17.1 Å². The Morgan fingerprint density at radius 1 is 1.11 bits per heavy atom. The molecule has 7 heteroatoms. The fourth-order valence-corrected chi connectivity index (χ4v) is 9.73. The van der Waals surface area contributed by atoms with Crippen LogP contribution in [-0.2, 0) is 16.1 Å². The zero-order valence-corrected chi connectivity index (χ0v) is 22.8. The number of halogens is 1. The summed E-state index contributed by atoms with van der Waals surface area (Å²) < 4.78 is 20.4. The van der Waals surface area contributed by atoms with Crippen LogP contribution < -0.4 is 0 Å². The summed E-state index contributed by atoms with van der Waals surface area (Å²) >= 11 is 0. The number of carbonyl (C=O) groups excluding carboxylic acids is 1. The number of hydrogen-bond acceptors (Lipinski definition) is 5. The van der Waals surface area contributed by atoms with Crippen LogP contribution in [0.25, 0.3) is 11.0 Å². The molecule has 8 atom stereocenters. The summed E-state index contributed by atoms with van der Waals surface area (Å²) in [6, 6.07) is 3.48. The first-order valence-corrected chi connectivity index (χ1v) is 14.3. The van der Waals surface area contributed by atoms with E-state index in [9.17, 15) is 14.3 Å². The van der Waals surface area contributed by atoms with E-state index in [1.807, 2.05) is 14.0 Å². The molecular formula is C30H42FN3O3. The van der Waals surface area contributed by atoms with Gasteiger partial charge in [-0.3, -0.25) is 4.79 Å². The Morgan fingerprint density at radius 3 is 2.70 bits per heavy atom. The highest BCUT2D eigenvalue weighted by atomic mass is 19.1. The Balaban J connectivity index is 1.22. The third-order valence-electron chi connectivity index (χ3n) is 11.5. The van der Waals surface area contributed by atoms with Crippen molar-refractivity contribution in [3.8, 4) is 0 Å². The minimum Gasteiger partial charge on any atom is -0.390 e. The molecule has 0 spiro atoms. The van der Waals surface area contributed by atoms with Crippen molar-refractivity contribution in [1.82, 2.24) is 15.0 Å². The van der Waals surface area contributed by atoms with Crippen LogP contribution in [0.1, 0.15) is 77.2 Å². The highest BCUT2D eigenvalue weighted by Crippen LogP contribution is 2.68. The number of aromatic nitrogens is 3. The molecule has 2 aromatic rings. The normalized spacial score (nSPS) is 41.3. The molecule has 1 heterocycles. The number of ketones is 1. The highest BCUT2D eigenvalue weighted by molar-refractivity contribution is 5.82. The fourth-order valence-electron chi connectivity index (χ4n) is 9.73. The van der Waals surface area contributed by atoms with Crippen LogP contribution in [0.15, 0.2) is 12.1 Å². The monoisotopic (exact) mass is 511 g/mol. The molecule has 0 amide bonds. The van der Waals surface area contributed by atoms with E-state index >= 15 is 0 Å². The molecule has 202 valence electrons. The molecule has 1 aromatic carbocycles. The van der Waals surface area contributed by atoms with Crippen molar-refractivity contribution in [2.45, 2.75) is 90.7 Å². The molecule has 4 fully saturated rings. The zero-order valence-electron chi connectivity index (χ0n) is 22.8. The smallest absolute Gasteiger partial charge is 0.159 e. The Morgan fingerprint density at radius 2 is 1.92 bits per heavy atom. The number of nitrogens with zero attached hydrogens (tertiary/aromatic N) is 3. The van der Waals surface area contributed by atoms with Crippen LogP contribution in [0, 0.1) is 53.2 Å². The largest absolute Gasteiger partial charge is 0.390 e. The van der Waals surface area contributed by atoms with Crippen LogP contribution in [-0.4, -0.2) is 45.2 Å². The van der Waals surface area contributed by atoms with Crippen LogP contribution in [0.2, 0.25) is 0 Å². The minimum absolute atomic E-state index is 0.00216. The third kappa shape index (κ3) is 3.90. The topological polar surface area (TPSA) is 77.2 Å². The van der Waals surface area contributed by atoms with Gasteiger partial charge in [-0.15, -0.1) is 5.10 Å². The standard InChI is InChI=1S/C30H42FN3O3/c1-18-5-10-24-27(26(18)31)33-34(32-24)16-25(35)23-9-8-21-20-7-6-19-15-28(2,36)13-14-30(19,17-37-4)22(20)11-12-29(21,23)3/h5,10,19-23,36H,6-9,11-17H2,1-4H3/t19-,20-,21-,22-,23+,28+,29-,30+/m0/s1. The number of Topliss-reactive ketones (excluding diaryl/α,β-unsaturated/α-hetero) is 1. The second kappa shape index (κ2) is 8.84. The number of benzene rings is 1. The molecule has 0 aliphatic heterocycles. The van der Waals surface area contributed by atoms with E-state index in [0.717, 1.165) is 58.0 Å². The maximum absolute atomic E-state index is 14.5. The van der Waals surface area contributed by atoms with Crippen LogP contribution in [0.3, 0.4) is 0 Å². The van der Waals surface area contributed by atoms with Gasteiger partial charge in [0.1, 0.15) is 17.6 Å². The van der Waals surface area contributed by atoms with Crippen LogP contribution in [0.5, 0.6) is 0 Å². The molecule has 1 N–H and O–H groups in total. The van der Waals surface area contributed by atoms with Gasteiger partial charge in [0.05, 0.1) is 12.2 Å². The number of hydrogen-bond donors (Lipinski definition) is 1. The van der Waals surface area contributed by atoms with Crippen LogP contribution >= 0.6 is 0 Å². The number of carbonyl (C=O) groups is 1. The van der Waals surface area contributed by atoms with Gasteiger partial charge in [0, 0.05) is 13.0 Å². The van der Waals surface area contributed by atoms with Crippen LogP contribution in [0.4, 0.5) is 4.39 Å². The first kappa shape index (κ1) is 25.4. The van der Waals surface area contributed by atoms with Crippen molar-refractivity contribution >= 4 is 16.8 Å². The summed E-state index contributed by atoms with van der Waals surface area (Å²) in [5.74, 6) is 2.13. The summed E-state index contributed by atoms with van der Waals surface area (Å²) in [5.41, 5.74) is 0.874. The lowest BCUT2D eigenvalue weighted by atomic mass is 9.43. The van der Waals surface area contributed by atoms with Crippen molar-refractivity contribution in [3.63, 3.8) is 0 Å². The van der Waals surface area contributed by atoms with Gasteiger partial charge in [0.15, 0.2) is 11.6 Å².